The van der Waals surface area contributed by atoms with Crippen LogP contribution in [0.25, 0.3) is 0 Å². The Morgan fingerprint density at radius 1 is 1.25 bits per heavy atom. The number of halogens is 2. The van der Waals surface area contributed by atoms with E-state index in [-0.39, 0.29) is 23.0 Å². The lowest BCUT2D eigenvalue weighted by molar-refractivity contribution is -0.932. The third kappa shape index (κ3) is 4.23. The molecule has 0 spiro atoms. The van der Waals surface area contributed by atoms with E-state index in [0.717, 1.165) is 41.3 Å². The summed E-state index contributed by atoms with van der Waals surface area (Å²) < 4.78 is 24.2. The van der Waals surface area contributed by atoms with Crippen LogP contribution in [0.5, 0.6) is 11.5 Å². The Hall–Kier alpha value is -2.31. The molecule has 3 atom stereocenters. The van der Waals surface area contributed by atoms with Crippen LogP contribution in [0.1, 0.15) is 31.4 Å². The van der Waals surface area contributed by atoms with Crippen molar-refractivity contribution in [3.05, 3.63) is 52.8 Å². The lowest BCUT2D eigenvalue weighted by atomic mass is 10.0. The van der Waals surface area contributed by atoms with E-state index in [1.54, 1.807) is 14.2 Å². The summed E-state index contributed by atoms with van der Waals surface area (Å²) in [5.41, 5.74) is 1.45. The molecule has 0 aromatic heterocycles. The van der Waals surface area contributed by atoms with E-state index >= 15 is 0 Å². The Balaban J connectivity index is 1.81. The summed E-state index contributed by atoms with van der Waals surface area (Å²) in [7, 11) is 3.28. The van der Waals surface area contributed by atoms with Crippen molar-refractivity contribution in [2.75, 3.05) is 26.1 Å². The van der Waals surface area contributed by atoms with E-state index < -0.39 is 5.82 Å². The molecule has 7 heteroatoms. The highest BCUT2D eigenvalue weighted by molar-refractivity contribution is 6.33. The first-order valence-electron chi connectivity index (χ1n) is 9.28. The first-order valence-corrected chi connectivity index (χ1v) is 9.65. The van der Waals surface area contributed by atoms with Gasteiger partial charge in [0.2, 0.25) is 0 Å². The maximum Gasteiger partial charge on any atom is 0.282 e. The second-order valence-electron chi connectivity index (χ2n) is 6.96. The number of anilines is 1. The molecule has 2 aromatic carbocycles. The van der Waals surface area contributed by atoms with Crippen LogP contribution in [0, 0.1) is 5.82 Å². The number of amides is 1. The zero-order valence-corrected chi connectivity index (χ0v) is 17.0. The van der Waals surface area contributed by atoms with Crippen LogP contribution in [0.2, 0.25) is 5.02 Å². The number of rotatable bonds is 6. The first-order chi connectivity index (χ1) is 13.4. The van der Waals surface area contributed by atoms with Crippen LogP contribution >= 0.6 is 11.6 Å². The molecule has 1 aliphatic heterocycles. The average Bonchev–Trinajstić information content (AvgIpc) is 3.18. The Morgan fingerprint density at radius 3 is 2.71 bits per heavy atom. The van der Waals surface area contributed by atoms with Gasteiger partial charge in [0, 0.05) is 12.8 Å². The van der Waals surface area contributed by atoms with Crippen molar-refractivity contribution in [3.63, 3.8) is 0 Å². The normalized spacial score (nSPS) is 19.9. The highest BCUT2D eigenvalue weighted by atomic mass is 35.5. The van der Waals surface area contributed by atoms with Crippen LogP contribution < -0.4 is 19.7 Å². The molecule has 0 radical (unpaired) electrons. The van der Waals surface area contributed by atoms with Crippen molar-refractivity contribution in [2.45, 2.75) is 31.8 Å². The van der Waals surface area contributed by atoms with Crippen molar-refractivity contribution >= 4 is 23.2 Å². The summed E-state index contributed by atoms with van der Waals surface area (Å²) in [5.74, 6) is 0.959. The molecule has 1 fully saturated rings. The predicted octanol–water partition coefficient (Wildman–Crippen LogP) is 3.24. The Labute approximate surface area is 169 Å². The van der Waals surface area contributed by atoms with Gasteiger partial charge in [-0.3, -0.25) is 4.79 Å². The van der Waals surface area contributed by atoms with Gasteiger partial charge in [-0.25, -0.2) is 4.39 Å². The fourth-order valence-electron chi connectivity index (χ4n) is 3.86. The third-order valence-electron chi connectivity index (χ3n) is 5.36. The van der Waals surface area contributed by atoms with Crippen LogP contribution in [-0.4, -0.2) is 32.7 Å². The highest BCUT2D eigenvalue weighted by Crippen LogP contribution is 2.32. The minimum Gasteiger partial charge on any atom is -0.497 e. The number of hydrogen-bond acceptors (Lipinski definition) is 3. The molecule has 0 bridgehead atoms. The average molecular weight is 408 g/mol. The number of likely N-dealkylation sites (tertiary alicyclic amines) is 1. The molecule has 150 valence electrons. The molecule has 1 unspecified atom stereocenters. The van der Waals surface area contributed by atoms with E-state index in [4.69, 9.17) is 21.1 Å². The van der Waals surface area contributed by atoms with E-state index in [0.29, 0.717) is 5.69 Å². The molecule has 0 saturated carbocycles. The van der Waals surface area contributed by atoms with Gasteiger partial charge in [0.1, 0.15) is 23.4 Å². The number of quaternary nitrogens is 1. The molecule has 2 aromatic rings. The second-order valence-corrected chi connectivity index (χ2v) is 7.37. The van der Waals surface area contributed by atoms with E-state index in [9.17, 15) is 9.18 Å². The van der Waals surface area contributed by atoms with Gasteiger partial charge in [0.05, 0.1) is 37.0 Å². The monoisotopic (exact) mass is 407 g/mol. The molecule has 1 saturated heterocycles. The summed E-state index contributed by atoms with van der Waals surface area (Å²) >= 11 is 6.04. The standard InChI is InChI=1S/C21H24ClFN2O3/c1-13(21(26)24-18-8-6-14(23)11-17(18)22)25-10-4-5-19(25)16-12-15(27-2)7-9-20(16)28-3/h6-9,11-13,19H,4-5,10H2,1-3H3,(H,24,26)/p+1/t13-,19+/m0/s1. The van der Waals surface area contributed by atoms with Crippen LogP contribution in [0.15, 0.2) is 36.4 Å². The SMILES string of the molecule is COc1ccc(OC)c([C@H]2CCC[NH+]2[C@@H](C)C(=O)Nc2ccc(F)cc2Cl)c1. The molecule has 28 heavy (non-hydrogen) atoms. The molecular formula is C21H25ClFN2O3+. The first kappa shape index (κ1) is 20.4. The molecule has 2 N–H and O–H groups in total. The summed E-state index contributed by atoms with van der Waals surface area (Å²) in [6.45, 7) is 2.77. The van der Waals surface area contributed by atoms with Crippen molar-refractivity contribution in [1.82, 2.24) is 0 Å². The molecule has 1 amide bonds. The molecule has 5 nitrogen and oxygen atoms in total. The lowest BCUT2D eigenvalue weighted by Gasteiger charge is -2.28. The van der Waals surface area contributed by atoms with Gasteiger partial charge in [0.25, 0.3) is 5.91 Å². The van der Waals surface area contributed by atoms with Crippen molar-refractivity contribution in [1.29, 1.82) is 0 Å². The molecular weight excluding hydrogens is 383 g/mol. The largest absolute Gasteiger partial charge is 0.497 e. The Morgan fingerprint density at radius 2 is 2.04 bits per heavy atom. The predicted molar refractivity (Wildman–Crippen MR) is 107 cm³/mol. The fourth-order valence-corrected chi connectivity index (χ4v) is 4.07. The summed E-state index contributed by atoms with van der Waals surface area (Å²) in [6, 6.07) is 9.49. The number of carbonyl (C=O) groups excluding carboxylic acids is 1. The van der Waals surface area contributed by atoms with Gasteiger partial charge in [-0.15, -0.1) is 0 Å². The molecule has 1 aliphatic rings. The zero-order chi connectivity index (χ0) is 20.3. The molecule has 3 rings (SSSR count). The number of benzene rings is 2. The molecule has 0 aliphatic carbocycles. The minimum atomic E-state index is -0.439. The quantitative estimate of drug-likeness (QED) is 0.773. The fraction of sp³-hybridized carbons (Fsp3) is 0.381. The van der Waals surface area contributed by atoms with Gasteiger partial charge in [-0.2, -0.15) is 0 Å². The van der Waals surface area contributed by atoms with Crippen LogP contribution in [0.3, 0.4) is 0 Å². The topological polar surface area (TPSA) is 52.0 Å². The number of ether oxygens (including phenoxy) is 2. The Bertz CT molecular complexity index is 862. The maximum atomic E-state index is 13.2. The second kappa shape index (κ2) is 8.80. The van der Waals surface area contributed by atoms with Gasteiger partial charge in [-0.05, 0) is 43.3 Å². The van der Waals surface area contributed by atoms with Gasteiger partial charge in [0.15, 0.2) is 6.04 Å². The third-order valence-corrected chi connectivity index (χ3v) is 5.67. The van der Waals surface area contributed by atoms with Crippen LogP contribution in [-0.2, 0) is 4.79 Å². The van der Waals surface area contributed by atoms with E-state index in [2.05, 4.69) is 5.32 Å². The van der Waals surface area contributed by atoms with Gasteiger partial charge in [-0.1, -0.05) is 11.6 Å². The number of nitrogens with one attached hydrogen (secondary N) is 2. The van der Waals surface area contributed by atoms with E-state index in [1.165, 1.54) is 18.2 Å². The summed E-state index contributed by atoms with van der Waals surface area (Å²) in [4.78, 5) is 14.0. The van der Waals surface area contributed by atoms with Crippen LogP contribution in [0.4, 0.5) is 10.1 Å². The van der Waals surface area contributed by atoms with Gasteiger partial charge >= 0.3 is 0 Å². The summed E-state index contributed by atoms with van der Waals surface area (Å²) in [6.07, 6.45) is 1.96. The highest BCUT2D eigenvalue weighted by Gasteiger charge is 2.38. The zero-order valence-electron chi connectivity index (χ0n) is 16.2. The smallest absolute Gasteiger partial charge is 0.282 e. The lowest BCUT2D eigenvalue weighted by Crippen LogP contribution is -3.15. The molecule has 1 heterocycles. The number of carbonyl (C=O) groups is 1. The Kier molecular flexibility index (Phi) is 6.42. The van der Waals surface area contributed by atoms with Gasteiger partial charge < -0.3 is 19.7 Å². The number of methoxy groups -OCH3 is 2. The van der Waals surface area contributed by atoms with Crippen molar-refractivity contribution < 1.29 is 23.6 Å². The summed E-state index contributed by atoms with van der Waals surface area (Å²) in [5, 5.41) is 3.01. The maximum absolute atomic E-state index is 13.2. The van der Waals surface area contributed by atoms with Crippen molar-refractivity contribution in [3.8, 4) is 11.5 Å². The minimum absolute atomic E-state index is 0.120. The van der Waals surface area contributed by atoms with Crippen molar-refractivity contribution in [2.24, 2.45) is 0 Å². The van der Waals surface area contributed by atoms with E-state index in [1.807, 2.05) is 25.1 Å². The number of hydrogen-bond donors (Lipinski definition) is 2.